The van der Waals surface area contributed by atoms with Gasteiger partial charge in [0.2, 0.25) is 5.91 Å². The van der Waals surface area contributed by atoms with Crippen molar-refractivity contribution in [2.75, 3.05) is 6.61 Å². The van der Waals surface area contributed by atoms with Crippen LogP contribution in [0.15, 0.2) is 35.7 Å². The molecule has 0 fully saturated rings. The van der Waals surface area contributed by atoms with Crippen molar-refractivity contribution in [2.45, 2.75) is 20.3 Å². The Morgan fingerprint density at radius 2 is 1.77 bits per heavy atom. The number of ether oxygens (including phenoxy) is 1. The summed E-state index contributed by atoms with van der Waals surface area (Å²) in [6.07, 6.45) is 0.246. The standard InChI is InChI=1S/C16H18N2O3S/c1-11-6-12(2)8-13(7-11)21-10-16(20)18-17-15(19)9-14-4-3-5-22-14/h3-8H,9-10H2,1-2H3,(H,17,19)(H,18,20). The summed E-state index contributed by atoms with van der Waals surface area (Å²) in [5.74, 6) is -0.0292. The molecule has 2 aromatic rings. The van der Waals surface area contributed by atoms with Crippen LogP contribution in [0.2, 0.25) is 0 Å². The van der Waals surface area contributed by atoms with E-state index in [0.717, 1.165) is 16.0 Å². The molecule has 0 saturated heterocycles. The molecule has 2 N–H and O–H groups in total. The first-order valence-corrected chi connectivity index (χ1v) is 7.72. The fourth-order valence-electron chi connectivity index (χ4n) is 1.96. The lowest BCUT2D eigenvalue weighted by molar-refractivity contribution is -0.129. The van der Waals surface area contributed by atoms with E-state index in [9.17, 15) is 9.59 Å². The predicted octanol–water partition coefficient (Wildman–Crippen LogP) is 2.13. The highest BCUT2D eigenvalue weighted by atomic mass is 32.1. The molecule has 1 heterocycles. The van der Waals surface area contributed by atoms with Crippen molar-refractivity contribution in [3.63, 3.8) is 0 Å². The number of benzene rings is 1. The number of carbonyl (C=O) groups is 2. The van der Waals surface area contributed by atoms with Crippen LogP contribution in [0.25, 0.3) is 0 Å². The minimum Gasteiger partial charge on any atom is -0.484 e. The lowest BCUT2D eigenvalue weighted by Gasteiger charge is -2.09. The van der Waals surface area contributed by atoms with Crippen LogP contribution >= 0.6 is 11.3 Å². The third-order valence-electron chi connectivity index (χ3n) is 2.82. The van der Waals surface area contributed by atoms with E-state index in [1.165, 1.54) is 11.3 Å². The minimum absolute atomic E-state index is 0.151. The lowest BCUT2D eigenvalue weighted by Crippen LogP contribution is -2.44. The van der Waals surface area contributed by atoms with Crippen molar-refractivity contribution in [1.29, 1.82) is 0 Å². The van der Waals surface area contributed by atoms with Crippen LogP contribution in [0.5, 0.6) is 5.75 Å². The third kappa shape index (κ3) is 5.21. The summed E-state index contributed by atoms with van der Waals surface area (Å²) >= 11 is 1.50. The van der Waals surface area contributed by atoms with Crippen LogP contribution in [-0.4, -0.2) is 18.4 Å². The van der Waals surface area contributed by atoms with Crippen LogP contribution in [0, 0.1) is 13.8 Å². The van der Waals surface area contributed by atoms with E-state index in [4.69, 9.17) is 4.74 Å². The maximum atomic E-state index is 11.6. The number of rotatable bonds is 5. The van der Waals surface area contributed by atoms with Gasteiger partial charge < -0.3 is 4.74 Å². The molecule has 116 valence electrons. The highest BCUT2D eigenvalue weighted by Crippen LogP contribution is 2.15. The average molecular weight is 318 g/mol. The van der Waals surface area contributed by atoms with Gasteiger partial charge >= 0.3 is 0 Å². The van der Waals surface area contributed by atoms with E-state index in [0.29, 0.717) is 5.75 Å². The van der Waals surface area contributed by atoms with Gasteiger partial charge in [-0.2, -0.15) is 0 Å². The molecule has 0 spiro atoms. The number of nitrogens with one attached hydrogen (secondary N) is 2. The first-order chi connectivity index (χ1) is 10.5. The molecule has 1 aromatic heterocycles. The molecule has 0 unspecified atom stereocenters. The molecular formula is C16H18N2O3S. The molecule has 5 nitrogen and oxygen atoms in total. The van der Waals surface area contributed by atoms with Gasteiger partial charge in [0.25, 0.3) is 5.91 Å². The summed E-state index contributed by atoms with van der Waals surface area (Å²) in [6, 6.07) is 9.49. The van der Waals surface area contributed by atoms with Gasteiger partial charge in [0.05, 0.1) is 6.42 Å². The second-order valence-electron chi connectivity index (χ2n) is 4.96. The number of hydrogen-bond donors (Lipinski definition) is 2. The van der Waals surface area contributed by atoms with Gasteiger partial charge in [-0.3, -0.25) is 20.4 Å². The van der Waals surface area contributed by atoms with Gasteiger partial charge in [-0.15, -0.1) is 11.3 Å². The van der Waals surface area contributed by atoms with E-state index in [2.05, 4.69) is 10.9 Å². The van der Waals surface area contributed by atoms with Crippen molar-refractivity contribution in [3.8, 4) is 5.75 Å². The molecule has 0 bridgehead atoms. The van der Waals surface area contributed by atoms with Crippen molar-refractivity contribution in [3.05, 3.63) is 51.7 Å². The largest absolute Gasteiger partial charge is 0.484 e. The molecule has 1 aromatic carbocycles. The third-order valence-corrected chi connectivity index (χ3v) is 3.70. The van der Waals surface area contributed by atoms with Crippen LogP contribution in [0.1, 0.15) is 16.0 Å². The zero-order chi connectivity index (χ0) is 15.9. The summed E-state index contributed by atoms with van der Waals surface area (Å²) in [5.41, 5.74) is 6.84. The first-order valence-electron chi connectivity index (χ1n) is 6.84. The van der Waals surface area contributed by atoms with E-state index in [1.807, 2.05) is 49.6 Å². The molecule has 0 radical (unpaired) electrons. The van der Waals surface area contributed by atoms with Gasteiger partial charge in [0.15, 0.2) is 6.61 Å². The normalized spacial score (nSPS) is 10.1. The fraction of sp³-hybridized carbons (Fsp3) is 0.250. The molecule has 0 aliphatic heterocycles. The van der Waals surface area contributed by atoms with Gasteiger partial charge in [0, 0.05) is 4.88 Å². The Hall–Kier alpha value is -2.34. The summed E-state index contributed by atoms with van der Waals surface area (Å²) < 4.78 is 5.41. The van der Waals surface area contributed by atoms with E-state index >= 15 is 0 Å². The molecule has 2 amide bonds. The van der Waals surface area contributed by atoms with Crippen molar-refractivity contribution in [1.82, 2.24) is 10.9 Å². The minimum atomic E-state index is -0.404. The highest BCUT2D eigenvalue weighted by molar-refractivity contribution is 7.10. The summed E-state index contributed by atoms with van der Waals surface area (Å²) in [6.45, 7) is 3.78. The van der Waals surface area contributed by atoms with E-state index in [-0.39, 0.29) is 18.9 Å². The Kier molecular flexibility index (Phi) is 5.55. The second-order valence-corrected chi connectivity index (χ2v) is 6.00. The zero-order valence-electron chi connectivity index (χ0n) is 12.5. The maximum Gasteiger partial charge on any atom is 0.276 e. The molecule has 2 rings (SSSR count). The maximum absolute atomic E-state index is 11.6. The fourth-order valence-corrected chi connectivity index (χ4v) is 2.66. The summed E-state index contributed by atoms with van der Waals surface area (Å²) in [4.78, 5) is 24.2. The SMILES string of the molecule is Cc1cc(C)cc(OCC(=O)NNC(=O)Cc2cccs2)c1. The van der Waals surface area contributed by atoms with Gasteiger partial charge in [0.1, 0.15) is 5.75 Å². The molecule has 0 aliphatic carbocycles. The van der Waals surface area contributed by atoms with Gasteiger partial charge in [-0.05, 0) is 48.6 Å². The molecule has 22 heavy (non-hydrogen) atoms. The van der Waals surface area contributed by atoms with Crippen LogP contribution in [0.3, 0.4) is 0 Å². The van der Waals surface area contributed by atoms with Crippen LogP contribution in [-0.2, 0) is 16.0 Å². The number of hydrazine groups is 1. The van der Waals surface area contributed by atoms with Crippen molar-refractivity contribution in [2.24, 2.45) is 0 Å². The lowest BCUT2D eigenvalue weighted by atomic mass is 10.1. The average Bonchev–Trinajstić information content (AvgIpc) is 2.95. The quantitative estimate of drug-likeness (QED) is 0.830. The Bertz CT molecular complexity index is 633. The number of carbonyl (C=O) groups excluding carboxylic acids is 2. The highest BCUT2D eigenvalue weighted by Gasteiger charge is 2.07. The molecule has 0 atom stereocenters. The molecular weight excluding hydrogens is 300 g/mol. The van der Waals surface area contributed by atoms with Crippen molar-refractivity contribution >= 4 is 23.2 Å². The topological polar surface area (TPSA) is 67.4 Å². The number of amides is 2. The smallest absolute Gasteiger partial charge is 0.276 e. The molecule has 0 saturated carbocycles. The molecule has 0 aliphatic rings. The van der Waals surface area contributed by atoms with E-state index < -0.39 is 5.91 Å². The monoisotopic (exact) mass is 318 g/mol. The number of hydrogen-bond acceptors (Lipinski definition) is 4. The Labute approximate surface area is 133 Å². The van der Waals surface area contributed by atoms with E-state index in [1.54, 1.807) is 0 Å². The van der Waals surface area contributed by atoms with Crippen LogP contribution in [0.4, 0.5) is 0 Å². The Morgan fingerprint density at radius 3 is 2.41 bits per heavy atom. The number of thiophene rings is 1. The van der Waals surface area contributed by atoms with Crippen LogP contribution < -0.4 is 15.6 Å². The second kappa shape index (κ2) is 7.61. The van der Waals surface area contributed by atoms with Crippen molar-refractivity contribution < 1.29 is 14.3 Å². The predicted molar refractivity (Wildman–Crippen MR) is 85.7 cm³/mol. The van der Waals surface area contributed by atoms with Gasteiger partial charge in [-0.1, -0.05) is 12.1 Å². The zero-order valence-corrected chi connectivity index (χ0v) is 13.3. The Morgan fingerprint density at radius 1 is 1.09 bits per heavy atom. The number of aryl methyl sites for hydroxylation is 2. The Balaban J connectivity index is 1.72. The molecule has 6 heteroatoms. The summed E-state index contributed by atoms with van der Waals surface area (Å²) in [7, 11) is 0. The summed E-state index contributed by atoms with van der Waals surface area (Å²) in [5, 5.41) is 1.90. The first kappa shape index (κ1) is 16.0. The van der Waals surface area contributed by atoms with Gasteiger partial charge in [-0.25, -0.2) is 0 Å².